The smallest absolute Gasteiger partial charge is 0.191 e. The highest BCUT2D eigenvalue weighted by molar-refractivity contribution is 7.92. The maximum atomic E-state index is 12.2. The van der Waals surface area contributed by atoms with Gasteiger partial charge in [0.2, 0.25) is 0 Å². The molecule has 1 aliphatic heterocycles. The van der Waals surface area contributed by atoms with Gasteiger partial charge >= 0.3 is 0 Å². The molecule has 7 heteroatoms. The zero-order chi connectivity index (χ0) is 19.9. The minimum absolute atomic E-state index is 0.0887. The highest BCUT2D eigenvalue weighted by Gasteiger charge is 2.28. The van der Waals surface area contributed by atoms with Crippen LogP contribution < -0.4 is 10.6 Å². The van der Waals surface area contributed by atoms with Crippen molar-refractivity contribution in [2.45, 2.75) is 44.4 Å². The van der Waals surface area contributed by atoms with Crippen LogP contribution in [0.2, 0.25) is 0 Å². The van der Waals surface area contributed by atoms with E-state index in [1.165, 1.54) is 18.4 Å². The summed E-state index contributed by atoms with van der Waals surface area (Å²) < 4.78 is 23.7. The first-order chi connectivity index (χ1) is 12.7. The average Bonchev–Trinajstić information content (AvgIpc) is 3.14. The van der Waals surface area contributed by atoms with Gasteiger partial charge in [-0.3, -0.25) is 9.89 Å². The first kappa shape index (κ1) is 21.7. The van der Waals surface area contributed by atoms with Crippen LogP contribution in [-0.4, -0.2) is 63.0 Å². The zero-order valence-corrected chi connectivity index (χ0v) is 17.8. The molecule has 1 aliphatic rings. The molecule has 1 saturated heterocycles. The van der Waals surface area contributed by atoms with Crippen LogP contribution in [0.3, 0.4) is 0 Å². The molecular formula is C20H34N4O2S. The van der Waals surface area contributed by atoms with Gasteiger partial charge in [-0.2, -0.15) is 0 Å². The molecule has 2 rings (SSSR count). The Morgan fingerprint density at radius 3 is 2.33 bits per heavy atom. The van der Waals surface area contributed by atoms with Crippen LogP contribution in [0.1, 0.15) is 45.2 Å². The fraction of sp³-hybridized carbons (Fsp3) is 0.650. The Labute approximate surface area is 164 Å². The molecule has 0 saturated carbocycles. The van der Waals surface area contributed by atoms with E-state index in [2.05, 4.69) is 44.8 Å². The van der Waals surface area contributed by atoms with Crippen molar-refractivity contribution in [1.29, 1.82) is 0 Å². The van der Waals surface area contributed by atoms with E-state index >= 15 is 0 Å². The van der Waals surface area contributed by atoms with Crippen molar-refractivity contribution in [3.63, 3.8) is 0 Å². The third-order valence-electron chi connectivity index (χ3n) is 5.05. The molecule has 2 N–H and O–H groups in total. The fourth-order valence-electron chi connectivity index (χ4n) is 3.21. The molecular weight excluding hydrogens is 360 g/mol. The number of benzene rings is 1. The van der Waals surface area contributed by atoms with Gasteiger partial charge in [-0.05, 0) is 52.3 Å². The SMILES string of the molecule is CN=C(NCCS(=O)(=O)C(C)(C)C)NCC(c1ccccc1)N1CCCC1. The Bertz CT molecular complexity index is 705. The van der Waals surface area contributed by atoms with Crippen LogP contribution in [0, 0.1) is 0 Å². The summed E-state index contributed by atoms with van der Waals surface area (Å²) in [5.41, 5.74) is 1.29. The molecule has 0 aliphatic carbocycles. The molecule has 0 bridgehead atoms. The van der Waals surface area contributed by atoms with Crippen LogP contribution in [0.25, 0.3) is 0 Å². The molecule has 1 aromatic rings. The second-order valence-corrected chi connectivity index (χ2v) is 10.8. The van der Waals surface area contributed by atoms with Crippen molar-refractivity contribution in [2.75, 3.05) is 39.0 Å². The number of hydrogen-bond donors (Lipinski definition) is 2. The number of nitrogens with zero attached hydrogens (tertiary/aromatic N) is 2. The normalized spacial score (nSPS) is 17.7. The largest absolute Gasteiger partial charge is 0.355 e. The molecule has 1 fully saturated rings. The van der Waals surface area contributed by atoms with Gasteiger partial charge in [-0.1, -0.05) is 30.3 Å². The molecule has 6 nitrogen and oxygen atoms in total. The van der Waals surface area contributed by atoms with Gasteiger partial charge in [0.15, 0.2) is 15.8 Å². The van der Waals surface area contributed by atoms with Gasteiger partial charge in [0, 0.05) is 20.1 Å². The molecule has 0 radical (unpaired) electrons. The van der Waals surface area contributed by atoms with Crippen LogP contribution >= 0.6 is 0 Å². The molecule has 152 valence electrons. The summed E-state index contributed by atoms with van der Waals surface area (Å²) >= 11 is 0. The minimum atomic E-state index is -3.14. The number of guanidine groups is 1. The van der Waals surface area contributed by atoms with Gasteiger partial charge in [-0.15, -0.1) is 0 Å². The van der Waals surface area contributed by atoms with Crippen LogP contribution in [0.4, 0.5) is 0 Å². The zero-order valence-electron chi connectivity index (χ0n) is 17.0. The first-order valence-corrected chi connectivity index (χ1v) is 11.4. The van der Waals surface area contributed by atoms with E-state index in [0.29, 0.717) is 12.5 Å². The van der Waals surface area contributed by atoms with Crippen LogP contribution in [0.15, 0.2) is 35.3 Å². The molecule has 1 unspecified atom stereocenters. The summed E-state index contributed by atoms with van der Waals surface area (Å²) in [5, 5.41) is 6.51. The summed E-state index contributed by atoms with van der Waals surface area (Å²) in [6.45, 7) is 8.49. The maximum absolute atomic E-state index is 12.2. The monoisotopic (exact) mass is 394 g/mol. The Balaban J connectivity index is 1.92. The lowest BCUT2D eigenvalue weighted by molar-refractivity contribution is 0.245. The summed E-state index contributed by atoms with van der Waals surface area (Å²) in [6, 6.07) is 10.8. The lowest BCUT2D eigenvalue weighted by atomic mass is 10.1. The number of nitrogens with one attached hydrogen (secondary N) is 2. The third kappa shape index (κ3) is 6.21. The number of sulfone groups is 1. The topological polar surface area (TPSA) is 73.8 Å². The number of likely N-dealkylation sites (tertiary alicyclic amines) is 1. The molecule has 0 aromatic heterocycles. The minimum Gasteiger partial charge on any atom is -0.355 e. The molecule has 0 amide bonds. The second-order valence-electron chi connectivity index (χ2n) is 7.98. The van der Waals surface area contributed by atoms with Crippen molar-refractivity contribution in [1.82, 2.24) is 15.5 Å². The maximum Gasteiger partial charge on any atom is 0.191 e. The highest BCUT2D eigenvalue weighted by Crippen LogP contribution is 2.24. The van der Waals surface area contributed by atoms with Crippen molar-refractivity contribution >= 4 is 15.8 Å². The van der Waals surface area contributed by atoms with Crippen molar-refractivity contribution in [3.05, 3.63) is 35.9 Å². The Morgan fingerprint density at radius 2 is 1.78 bits per heavy atom. The predicted molar refractivity (Wildman–Crippen MR) is 113 cm³/mol. The highest BCUT2D eigenvalue weighted by atomic mass is 32.2. The lowest BCUT2D eigenvalue weighted by Gasteiger charge is -2.29. The fourth-order valence-corrected chi connectivity index (χ4v) is 4.19. The van der Waals surface area contributed by atoms with E-state index in [4.69, 9.17) is 0 Å². The van der Waals surface area contributed by atoms with Crippen LogP contribution in [-0.2, 0) is 9.84 Å². The molecule has 0 spiro atoms. The van der Waals surface area contributed by atoms with Gasteiger partial charge in [0.05, 0.1) is 16.5 Å². The molecule has 1 atom stereocenters. The Kier molecular flexibility index (Phi) is 7.68. The van der Waals surface area contributed by atoms with Crippen molar-refractivity contribution < 1.29 is 8.42 Å². The van der Waals surface area contributed by atoms with E-state index in [0.717, 1.165) is 19.6 Å². The lowest BCUT2D eigenvalue weighted by Crippen LogP contribution is -2.44. The van der Waals surface area contributed by atoms with E-state index in [-0.39, 0.29) is 11.8 Å². The first-order valence-electron chi connectivity index (χ1n) is 9.70. The van der Waals surface area contributed by atoms with Gasteiger partial charge in [0.25, 0.3) is 0 Å². The average molecular weight is 395 g/mol. The summed E-state index contributed by atoms with van der Waals surface area (Å²) in [5.74, 6) is 0.727. The van der Waals surface area contributed by atoms with Crippen molar-refractivity contribution in [3.8, 4) is 0 Å². The Morgan fingerprint density at radius 1 is 1.15 bits per heavy atom. The van der Waals surface area contributed by atoms with E-state index in [1.54, 1.807) is 27.8 Å². The van der Waals surface area contributed by atoms with Gasteiger partial charge < -0.3 is 10.6 Å². The van der Waals surface area contributed by atoms with E-state index < -0.39 is 14.6 Å². The summed E-state index contributed by atoms with van der Waals surface area (Å²) in [7, 11) is -1.43. The van der Waals surface area contributed by atoms with Gasteiger partial charge in [0.1, 0.15) is 0 Å². The second kappa shape index (κ2) is 9.55. The van der Waals surface area contributed by atoms with Gasteiger partial charge in [-0.25, -0.2) is 8.42 Å². The molecule has 27 heavy (non-hydrogen) atoms. The summed E-state index contributed by atoms with van der Waals surface area (Å²) in [4.78, 5) is 6.74. The molecule has 1 aromatic carbocycles. The molecule has 1 heterocycles. The number of aliphatic imine (C=N–C) groups is 1. The number of rotatable bonds is 7. The predicted octanol–water partition coefficient (Wildman–Crippen LogP) is 2.20. The van der Waals surface area contributed by atoms with E-state index in [1.807, 2.05) is 6.07 Å². The number of hydrogen-bond acceptors (Lipinski definition) is 4. The summed E-state index contributed by atoms with van der Waals surface area (Å²) in [6.07, 6.45) is 2.47. The van der Waals surface area contributed by atoms with E-state index in [9.17, 15) is 8.42 Å². The third-order valence-corrected chi connectivity index (χ3v) is 7.66. The van der Waals surface area contributed by atoms with Crippen molar-refractivity contribution in [2.24, 2.45) is 4.99 Å². The van der Waals surface area contributed by atoms with Crippen LogP contribution in [0.5, 0.6) is 0 Å². The quantitative estimate of drug-likeness (QED) is 0.548. The Hall–Kier alpha value is -1.60. The standard InChI is InChI=1S/C20H34N4O2S/c1-20(2,3)27(25,26)15-12-22-19(21-4)23-16-18(24-13-8-9-14-24)17-10-6-5-7-11-17/h5-7,10-11,18H,8-9,12-16H2,1-4H3,(H2,21,22,23).